The fraction of sp³-hybridized carbons (Fsp3) is 0.474. The van der Waals surface area contributed by atoms with E-state index >= 15 is 0 Å². The molecule has 1 aliphatic rings. The van der Waals surface area contributed by atoms with Crippen LogP contribution in [0.25, 0.3) is 5.69 Å². The maximum Gasteiger partial charge on any atom is 0.230 e. The van der Waals surface area contributed by atoms with Gasteiger partial charge in [0, 0.05) is 17.9 Å². The predicted octanol–water partition coefficient (Wildman–Crippen LogP) is 3.76. The Labute approximate surface area is 148 Å². The molecule has 0 atom stereocenters. The third kappa shape index (κ3) is 4.01. The first-order valence-electron chi connectivity index (χ1n) is 8.85. The summed E-state index contributed by atoms with van der Waals surface area (Å²) < 4.78 is 2.25. The number of hydrogen-bond acceptors (Lipinski definition) is 3. The molecular formula is C19H25N3OS. The maximum atomic E-state index is 12.0. The second-order valence-corrected chi connectivity index (χ2v) is 7.10. The van der Waals surface area contributed by atoms with E-state index in [1.165, 1.54) is 24.2 Å². The minimum atomic E-state index is 0.0917. The van der Waals surface area contributed by atoms with Gasteiger partial charge in [-0.25, -0.2) is 4.98 Å². The molecule has 128 valence electrons. The van der Waals surface area contributed by atoms with E-state index in [-0.39, 0.29) is 5.91 Å². The summed E-state index contributed by atoms with van der Waals surface area (Å²) >= 11 is 1.54. The Bertz CT molecular complexity index is 681. The number of benzene rings is 1. The summed E-state index contributed by atoms with van der Waals surface area (Å²) in [4.78, 5) is 16.9. The van der Waals surface area contributed by atoms with E-state index in [0.717, 1.165) is 43.1 Å². The molecule has 1 heterocycles. The van der Waals surface area contributed by atoms with Crippen molar-refractivity contribution in [2.75, 3.05) is 12.3 Å². The molecule has 0 bridgehead atoms. The number of carbonyl (C=O) groups is 1. The molecule has 0 saturated heterocycles. The molecule has 24 heavy (non-hydrogen) atoms. The fourth-order valence-electron chi connectivity index (χ4n) is 3.04. The van der Waals surface area contributed by atoms with E-state index in [1.54, 1.807) is 11.8 Å². The van der Waals surface area contributed by atoms with E-state index in [0.29, 0.717) is 5.75 Å². The van der Waals surface area contributed by atoms with Gasteiger partial charge in [-0.05, 0) is 44.2 Å². The third-order valence-corrected chi connectivity index (χ3v) is 5.24. The highest BCUT2D eigenvalue weighted by Gasteiger charge is 2.21. The van der Waals surface area contributed by atoms with Crippen LogP contribution in [-0.4, -0.2) is 27.8 Å². The summed E-state index contributed by atoms with van der Waals surface area (Å²) in [5.74, 6) is 0.515. The number of imidazole rings is 1. The van der Waals surface area contributed by atoms with Crippen LogP contribution in [0.2, 0.25) is 0 Å². The summed E-state index contributed by atoms with van der Waals surface area (Å²) in [7, 11) is 0. The third-order valence-electron chi connectivity index (χ3n) is 4.30. The summed E-state index contributed by atoms with van der Waals surface area (Å²) in [5, 5.41) is 3.92. The lowest BCUT2D eigenvalue weighted by Gasteiger charge is -2.15. The van der Waals surface area contributed by atoms with Gasteiger partial charge in [-0.2, -0.15) is 0 Å². The molecule has 1 amide bonds. The molecule has 5 heteroatoms. The zero-order valence-electron chi connectivity index (χ0n) is 14.3. The van der Waals surface area contributed by atoms with Crippen LogP contribution in [0.4, 0.5) is 0 Å². The predicted molar refractivity (Wildman–Crippen MR) is 98.8 cm³/mol. The van der Waals surface area contributed by atoms with Gasteiger partial charge >= 0.3 is 0 Å². The number of thioether (sulfide) groups is 1. The van der Waals surface area contributed by atoms with Crippen molar-refractivity contribution < 1.29 is 4.79 Å². The Morgan fingerprint density at radius 3 is 2.83 bits per heavy atom. The summed E-state index contributed by atoms with van der Waals surface area (Å²) in [6.45, 7) is 2.89. The standard InChI is InChI=1S/C19H25N3OS/c1-2-3-13-20-18(23)14-24-19-21-16-11-7-8-12-17(16)22(19)15-9-5-4-6-10-15/h4-6,9-10H,2-3,7-8,11-14H2,1H3,(H,20,23). The van der Waals surface area contributed by atoms with Crippen LogP contribution in [-0.2, 0) is 17.6 Å². The van der Waals surface area contributed by atoms with Crippen LogP contribution < -0.4 is 5.32 Å². The van der Waals surface area contributed by atoms with Crippen molar-refractivity contribution in [1.82, 2.24) is 14.9 Å². The monoisotopic (exact) mass is 343 g/mol. The molecule has 0 aliphatic heterocycles. The molecule has 3 rings (SSSR count). The minimum Gasteiger partial charge on any atom is -0.355 e. The number of para-hydroxylation sites is 1. The molecule has 2 aromatic rings. The van der Waals surface area contributed by atoms with Gasteiger partial charge in [-0.1, -0.05) is 43.3 Å². The van der Waals surface area contributed by atoms with Crippen LogP contribution in [0, 0.1) is 0 Å². The first-order valence-corrected chi connectivity index (χ1v) is 9.83. The number of nitrogens with zero attached hydrogens (tertiary/aromatic N) is 2. The highest BCUT2D eigenvalue weighted by molar-refractivity contribution is 7.99. The smallest absolute Gasteiger partial charge is 0.230 e. The minimum absolute atomic E-state index is 0.0917. The first kappa shape index (κ1) is 17.1. The van der Waals surface area contributed by atoms with Crippen molar-refractivity contribution in [2.24, 2.45) is 0 Å². The van der Waals surface area contributed by atoms with Gasteiger partial charge in [0.25, 0.3) is 0 Å². The largest absolute Gasteiger partial charge is 0.355 e. The second kappa shape index (κ2) is 8.38. The number of aryl methyl sites for hydroxylation is 1. The number of nitrogens with one attached hydrogen (secondary N) is 1. The summed E-state index contributed by atoms with van der Waals surface area (Å²) in [5.41, 5.74) is 3.67. The molecule has 1 aromatic heterocycles. The van der Waals surface area contributed by atoms with Crippen molar-refractivity contribution in [3.05, 3.63) is 41.7 Å². The van der Waals surface area contributed by atoms with Gasteiger partial charge in [0.2, 0.25) is 5.91 Å². The van der Waals surface area contributed by atoms with Crippen LogP contribution in [0.5, 0.6) is 0 Å². The Morgan fingerprint density at radius 2 is 2.04 bits per heavy atom. The zero-order valence-corrected chi connectivity index (χ0v) is 15.1. The Hall–Kier alpha value is -1.75. The first-order chi connectivity index (χ1) is 11.8. The number of amides is 1. The van der Waals surface area contributed by atoms with E-state index in [1.807, 2.05) is 6.07 Å². The van der Waals surface area contributed by atoms with Gasteiger partial charge in [0.15, 0.2) is 5.16 Å². The molecule has 1 aliphatic carbocycles. The molecule has 0 fully saturated rings. The average molecular weight is 343 g/mol. The summed E-state index contributed by atoms with van der Waals surface area (Å²) in [6.07, 6.45) is 6.67. The Kier molecular flexibility index (Phi) is 5.96. The number of aromatic nitrogens is 2. The van der Waals surface area contributed by atoms with Crippen LogP contribution in [0.1, 0.15) is 44.0 Å². The highest BCUT2D eigenvalue weighted by atomic mass is 32.2. The van der Waals surface area contributed by atoms with Gasteiger partial charge in [-0.15, -0.1) is 0 Å². The molecule has 1 aromatic carbocycles. The van der Waals surface area contributed by atoms with Crippen LogP contribution in [0.3, 0.4) is 0 Å². The lowest BCUT2D eigenvalue weighted by Crippen LogP contribution is -2.26. The lowest BCUT2D eigenvalue weighted by molar-refractivity contribution is -0.118. The molecule has 1 N–H and O–H groups in total. The van der Waals surface area contributed by atoms with E-state index in [9.17, 15) is 4.79 Å². The van der Waals surface area contributed by atoms with Gasteiger partial charge in [-0.3, -0.25) is 9.36 Å². The van der Waals surface area contributed by atoms with Crippen molar-refractivity contribution in [3.8, 4) is 5.69 Å². The quantitative estimate of drug-likeness (QED) is 0.615. The van der Waals surface area contributed by atoms with Crippen molar-refractivity contribution >= 4 is 17.7 Å². The molecule has 0 saturated carbocycles. The zero-order chi connectivity index (χ0) is 16.8. The van der Waals surface area contributed by atoms with Crippen LogP contribution in [0.15, 0.2) is 35.5 Å². The second-order valence-electron chi connectivity index (χ2n) is 6.16. The SMILES string of the molecule is CCCCNC(=O)CSc1nc2c(n1-c1ccccc1)CCCC2. The Morgan fingerprint density at radius 1 is 1.25 bits per heavy atom. The topological polar surface area (TPSA) is 46.9 Å². The van der Waals surface area contributed by atoms with Crippen LogP contribution >= 0.6 is 11.8 Å². The molecule has 0 spiro atoms. The van der Waals surface area contributed by atoms with Crippen molar-refractivity contribution in [3.63, 3.8) is 0 Å². The molecule has 0 unspecified atom stereocenters. The van der Waals surface area contributed by atoms with E-state index in [4.69, 9.17) is 4.98 Å². The maximum absolute atomic E-state index is 12.0. The molecule has 4 nitrogen and oxygen atoms in total. The van der Waals surface area contributed by atoms with Gasteiger partial charge in [0.1, 0.15) is 0 Å². The van der Waals surface area contributed by atoms with Gasteiger partial charge < -0.3 is 5.32 Å². The van der Waals surface area contributed by atoms with Crippen molar-refractivity contribution in [2.45, 2.75) is 50.6 Å². The molecular weight excluding hydrogens is 318 g/mol. The summed E-state index contributed by atoms with van der Waals surface area (Å²) in [6, 6.07) is 10.4. The normalized spacial score (nSPS) is 13.5. The van der Waals surface area contributed by atoms with E-state index in [2.05, 4.69) is 41.1 Å². The highest BCUT2D eigenvalue weighted by Crippen LogP contribution is 2.30. The number of carbonyl (C=O) groups excluding carboxylic acids is 1. The number of unbranched alkanes of at least 4 members (excludes halogenated alkanes) is 1. The Balaban J connectivity index is 1.77. The number of fused-ring (bicyclic) bond motifs is 1. The molecule has 0 radical (unpaired) electrons. The lowest BCUT2D eigenvalue weighted by atomic mass is 10.0. The van der Waals surface area contributed by atoms with E-state index < -0.39 is 0 Å². The number of rotatable bonds is 7. The average Bonchev–Trinajstić information content (AvgIpc) is 2.99. The van der Waals surface area contributed by atoms with Gasteiger partial charge in [0.05, 0.1) is 11.4 Å². The fourth-order valence-corrected chi connectivity index (χ4v) is 3.92. The van der Waals surface area contributed by atoms with Crippen molar-refractivity contribution in [1.29, 1.82) is 0 Å². The number of hydrogen-bond donors (Lipinski definition) is 1.